The highest BCUT2D eigenvalue weighted by molar-refractivity contribution is 5.97. The Morgan fingerprint density at radius 2 is 2.11 bits per heavy atom. The average Bonchev–Trinajstić information content (AvgIpc) is 2.65. The van der Waals surface area contributed by atoms with E-state index < -0.39 is 5.91 Å². The molecule has 4 N–H and O–H groups in total. The lowest BCUT2D eigenvalue weighted by Crippen LogP contribution is -2.12. The van der Waals surface area contributed by atoms with Gasteiger partial charge in [-0.3, -0.25) is 4.79 Å². The van der Waals surface area contributed by atoms with Crippen LogP contribution in [0.1, 0.15) is 49.0 Å². The van der Waals surface area contributed by atoms with Crippen molar-refractivity contribution in [3.63, 3.8) is 0 Å². The van der Waals surface area contributed by atoms with Crippen LogP contribution in [0.3, 0.4) is 0 Å². The van der Waals surface area contributed by atoms with Gasteiger partial charge in [0.2, 0.25) is 11.9 Å². The van der Waals surface area contributed by atoms with Crippen molar-refractivity contribution < 1.29 is 4.79 Å². The van der Waals surface area contributed by atoms with Gasteiger partial charge in [-0.05, 0) is 30.0 Å². The van der Waals surface area contributed by atoms with Crippen molar-refractivity contribution in [3.05, 3.63) is 23.3 Å². The molecule has 2 aromatic rings. The first kappa shape index (κ1) is 13.4. The molecule has 0 aliphatic carbocycles. The Labute approximate surface area is 112 Å². The number of anilines is 1. The molecule has 1 aromatic carbocycles. The van der Waals surface area contributed by atoms with Gasteiger partial charge in [0.1, 0.15) is 0 Å². The van der Waals surface area contributed by atoms with Gasteiger partial charge < -0.3 is 16.0 Å². The molecule has 102 valence electrons. The predicted molar refractivity (Wildman–Crippen MR) is 77.0 cm³/mol. The molecule has 1 aromatic heterocycles. The van der Waals surface area contributed by atoms with Crippen LogP contribution in [0, 0.1) is 0 Å². The maximum Gasteiger partial charge on any atom is 0.248 e. The molecule has 1 amide bonds. The van der Waals surface area contributed by atoms with Gasteiger partial charge in [-0.2, -0.15) is 0 Å². The average molecular weight is 260 g/mol. The molecule has 1 heterocycles. The second kappa shape index (κ2) is 4.91. The zero-order chi connectivity index (χ0) is 14.2. The highest BCUT2D eigenvalue weighted by Gasteiger charge is 2.17. The number of nitrogens with two attached hydrogens (primary N) is 2. The Morgan fingerprint density at radius 3 is 2.63 bits per heavy atom. The maximum absolute atomic E-state index is 11.4. The largest absolute Gasteiger partial charge is 0.369 e. The molecule has 0 aliphatic heterocycles. The number of nitrogens with zero attached hydrogens (tertiary/aromatic N) is 2. The van der Waals surface area contributed by atoms with Crippen LogP contribution < -0.4 is 11.5 Å². The van der Waals surface area contributed by atoms with E-state index in [4.69, 9.17) is 11.5 Å². The van der Waals surface area contributed by atoms with Crippen LogP contribution in [0.4, 0.5) is 5.95 Å². The van der Waals surface area contributed by atoms with E-state index in [0.717, 1.165) is 29.6 Å². The number of primary amides is 1. The molecule has 2 rings (SSSR count). The number of hydrogen-bond donors (Lipinski definition) is 2. The molecule has 0 radical (unpaired) electrons. The number of amides is 1. The Balaban J connectivity index is 2.79. The van der Waals surface area contributed by atoms with E-state index in [2.05, 4.69) is 25.8 Å². The standard InChI is InChI=1S/C14H20N4O/c1-4-5-18-12-10(8(2)3)6-9(13(15)19)7-11(12)17-14(18)16/h6-8H,4-5H2,1-3H3,(H2,15,19)(H2,16,17). The fourth-order valence-electron chi connectivity index (χ4n) is 2.35. The summed E-state index contributed by atoms with van der Waals surface area (Å²) in [5, 5.41) is 0. The summed E-state index contributed by atoms with van der Waals surface area (Å²) in [6.45, 7) is 7.08. The quantitative estimate of drug-likeness (QED) is 0.883. The molecule has 5 heteroatoms. The molecule has 19 heavy (non-hydrogen) atoms. The number of aryl methyl sites for hydroxylation is 1. The van der Waals surface area contributed by atoms with Gasteiger partial charge in [0.25, 0.3) is 0 Å². The Kier molecular flexibility index (Phi) is 3.46. The van der Waals surface area contributed by atoms with E-state index in [0.29, 0.717) is 11.5 Å². The molecule has 0 atom stereocenters. The molecule has 5 nitrogen and oxygen atoms in total. The van der Waals surface area contributed by atoms with Crippen LogP contribution in [0.25, 0.3) is 11.0 Å². The lowest BCUT2D eigenvalue weighted by Gasteiger charge is -2.12. The molecular formula is C14H20N4O. The highest BCUT2D eigenvalue weighted by atomic mass is 16.1. The Hall–Kier alpha value is -2.04. The maximum atomic E-state index is 11.4. The van der Waals surface area contributed by atoms with E-state index in [-0.39, 0.29) is 5.92 Å². The van der Waals surface area contributed by atoms with Crippen molar-refractivity contribution in [2.45, 2.75) is 39.7 Å². The van der Waals surface area contributed by atoms with Crippen LogP contribution in [0.5, 0.6) is 0 Å². The van der Waals surface area contributed by atoms with Crippen LogP contribution in [0.15, 0.2) is 12.1 Å². The fraction of sp³-hybridized carbons (Fsp3) is 0.429. The normalized spacial score (nSPS) is 11.4. The van der Waals surface area contributed by atoms with Crippen molar-refractivity contribution in [2.24, 2.45) is 5.73 Å². The summed E-state index contributed by atoms with van der Waals surface area (Å²) in [6, 6.07) is 3.56. The van der Waals surface area contributed by atoms with E-state index >= 15 is 0 Å². The summed E-state index contributed by atoms with van der Waals surface area (Å²) in [6.07, 6.45) is 0.977. The first-order valence-corrected chi connectivity index (χ1v) is 6.55. The third-order valence-corrected chi connectivity index (χ3v) is 3.25. The number of nitrogen functional groups attached to an aromatic ring is 1. The van der Waals surface area contributed by atoms with Gasteiger partial charge in [-0.1, -0.05) is 20.8 Å². The number of fused-ring (bicyclic) bond motifs is 1. The first-order chi connectivity index (χ1) is 8.95. The van der Waals surface area contributed by atoms with Crippen LogP contribution >= 0.6 is 0 Å². The van der Waals surface area contributed by atoms with Crippen LogP contribution in [0.2, 0.25) is 0 Å². The zero-order valence-corrected chi connectivity index (χ0v) is 11.6. The summed E-state index contributed by atoms with van der Waals surface area (Å²) in [5.41, 5.74) is 14.6. The monoisotopic (exact) mass is 260 g/mol. The number of hydrogen-bond acceptors (Lipinski definition) is 3. The Bertz CT molecular complexity index is 628. The van der Waals surface area contributed by atoms with Crippen LogP contribution in [-0.2, 0) is 6.54 Å². The zero-order valence-electron chi connectivity index (χ0n) is 11.6. The topological polar surface area (TPSA) is 86.9 Å². The molecule has 0 saturated heterocycles. The minimum absolute atomic E-state index is 0.272. The van der Waals surface area contributed by atoms with E-state index in [1.807, 2.05) is 10.6 Å². The van der Waals surface area contributed by atoms with Crippen molar-refractivity contribution in [3.8, 4) is 0 Å². The molecule has 0 aliphatic rings. The minimum atomic E-state index is -0.438. The summed E-state index contributed by atoms with van der Waals surface area (Å²) in [5.74, 6) is 0.321. The van der Waals surface area contributed by atoms with Gasteiger partial charge in [0, 0.05) is 12.1 Å². The van der Waals surface area contributed by atoms with Gasteiger partial charge in [-0.15, -0.1) is 0 Å². The van der Waals surface area contributed by atoms with Gasteiger partial charge in [-0.25, -0.2) is 4.98 Å². The third-order valence-electron chi connectivity index (χ3n) is 3.25. The fourth-order valence-corrected chi connectivity index (χ4v) is 2.35. The van der Waals surface area contributed by atoms with Gasteiger partial charge >= 0.3 is 0 Å². The lowest BCUT2D eigenvalue weighted by atomic mass is 9.98. The highest BCUT2D eigenvalue weighted by Crippen LogP contribution is 2.29. The van der Waals surface area contributed by atoms with Gasteiger partial charge in [0.05, 0.1) is 11.0 Å². The summed E-state index contributed by atoms with van der Waals surface area (Å²) >= 11 is 0. The number of benzene rings is 1. The van der Waals surface area contributed by atoms with Gasteiger partial charge in [0.15, 0.2) is 0 Å². The molecule has 0 bridgehead atoms. The van der Waals surface area contributed by atoms with E-state index in [1.54, 1.807) is 6.07 Å². The molecule has 0 spiro atoms. The van der Waals surface area contributed by atoms with E-state index in [1.165, 1.54) is 0 Å². The lowest BCUT2D eigenvalue weighted by molar-refractivity contribution is 0.100. The second-order valence-corrected chi connectivity index (χ2v) is 5.07. The molecular weight excluding hydrogens is 240 g/mol. The van der Waals surface area contributed by atoms with Crippen molar-refractivity contribution in [1.82, 2.24) is 9.55 Å². The van der Waals surface area contributed by atoms with E-state index in [9.17, 15) is 4.79 Å². The number of carbonyl (C=O) groups excluding carboxylic acids is 1. The number of imidazole rings is 1. The summed E-state index contributed by atoms with van der Waals surface area (Å²) in [7, 11) is 0. The predicted octanol–water partition coefficient (Wildman–Crippen LogP) is 2.25. The number of aromatic nitrogens is 2. The second-order valence-electron chi connectivity index (χ2n) is 5.07. The third kappa shape index (κ3) is 2.28. The molecule has 0 fully saturated rings. The SMILES string of the molecule is CCCn1c(N)nc2cc(C(N)=O)cc(C(C)C)c21. The minimum Gasteiger partial charge on any atom is -0.369 e. The smallest absolute Gasteiger partial charge is 0.248 e. The number of carbonyl (C=O) groups is 1. The van der Waals surface area contributed by atoms with Crippen molar-refractivity contribution >= 4 is 22.9 Å². The molecule has 0 saturated carbocycles. The summed E-state index contributed by atoms with van der Waals surface area (Å²) in [4.78, 5) is 15.7. The Morgan fingerprint density at radius 1 is 1.42 bits per heavy atom. The first-order valence-electron chi connectivity index (χ1n) is 6.55. The summed E-state index contributed by atoms with van der Waals surface area (Å²) < 4.78 is 2.01. The molecule has 0 unspecified atom stereocenters. The van der Waals surface area contributed by atoms with Crippen molar-refractivity contribution in [2.75, 3.05) is 5.73 Å². The van der Waals surface area contributed by atoms with Crippen LogP contribution in [-0.4, -0.2) is 15.5 Å². The van der Waals surface area contributed by atoms with Crippen molar-refractivity contribution in [1.29, 1.82) is 0 Å². The number of rotatable bonds is 4.